The van der Waals surface area contributed by atoms with Crippen molar-refractivity contribution in [3.8, 4) is 5.75 Å². The Kier molecular flexibility index (Phi) is 5.18. The van der Waals surface area contributed by atoms with Gasteiger partial charge in [-0.25, -0.2) is 4.39 Å². The predicted molar refractivity (Wildman–Crippen MR) is 59.5 cm³/mol. The highest BCUT2D eigenvalue weighted by Crippen LogP contribution is 2.26. The molecule has 0 bridgehead atoms. The Hall–Kier alpha value is -1.17. The number of hydrogen-bond acceptors (Lipinski definition) is 4. The summed E-state index contributed by atoms with van der Waals surface area (Å²) >= 11 is 0. The summed E-state index contributed by atoms with van der Waals surface area (Å²) in [5.41, 5.74) is 3.05. The van der Waals surface area contributed by atoms with E-state index in [0.29, 0.717) is 18.6 Å². The first-order valence-electron chi connectivity index (χ1n) is 5.02. The number of hydrogen-bond donors (Lipinski definition) is 2. The van der Waals surface area contributed by atoms with E-state index >= 15 is 0 Å². The molecule has 1 aromatic rings. The topological polar surface area (TPSA) is 56.5 Å². The second-order valence-corrected chi connectivity index (χ2v) is 3.36. The van der Waals surface area contributed by atoms with Crippen molar-refractivity contribution in [3.63, 3.8) is 0 Å². The van der Waals surface area contributed by atoms with E-state index in [4.69, 9.17) is 15.3 Å². The van der Waals surface area contributed by atoms with Crippen LogP contribution in [0.2, 0.25) is 0 Å². The van der Waals surface area contributed by atoms with Gasteiger partial charge in [-0.05, 0) is 12.5 Å². The van der Waals surface area contributed by atoms with E-state index in [-0.39, 0.29) is 17.6 Å². The van der Waals surface area contributed by atoms with Gasteiger partial charge in [0.2, 0.25) is 0 Å². The van der Waals surface area contributed by atoms with E-state index in [2.05, 4.69) is 5.43 Å². The fourth-order valence-electron chi connectivity index (χ4n) is 1.52. The van der Waals surface area contributed by atoms with Gasteiger partial charge in [0, 0.05) is 19.3 Å². The summed E-state index contributed by atoms with van der Waals surface area (Å²) < 4.78 is 23.7. The number of hydrazine groups is 1. The fourth-order valence-corrected chi connectivity index (χ4v) is 1.52. The molecule has 4 nitrogen and oxygen atoms in total. The Morgan fingerprint density at radius 3 is 2.75 bits per heavy atom. The summed E-state index contributed by atoms with van der Waals surface area (Å²) in [6.45, 7) is 0.505. The van der Waals surface area contributed by atoms with Gasteiger partial charge in [-0.1, -0.05) is 12.1 Å². The van der Waals surface area contributed by atoms with E-state index in [0.717, 1.165) is 0 Å². The van der Waals surface area contributed by atoms with Crippen molar-refractivity contribution in [2.45, 2.75) is 12.5 Å². The third-order valence-corrected chi connectivity index (χ3v) is 2.40. The van der Waals surface area contributed by atoms with E-state index in [1.807, 2.05) is 0 Å². The zero-order chi connectivity index (χ0) is 12.0. The molecule has 0 aromatic heterocycles. The van der Waals surface area contributed by atoms with Crippen LogP contribution in [0.4, 0.5) is 4.39 Å². The van der Waals surface area contributed by atoms with Crippen LogP contribution in [0.3, 0.4) is 0 Å². The Labute approximate surface area is 94.5 Å². The predicted octanol–water partition coefficient (Wildman–Crippen LogP) is 1.38. The lowest BCUT2D eigenvalue weighted by atomic mass is 10.0. The summed E-state index contributed by atoms with van der Waals surface area (Å²) in [7, 11) is 3.03. The highest BCUT2D eigenvalue weighted by atomic mass is 19.1. The Balaban J connectivity index is 2.91. The molecular weight excluding hydrogens is 211 g/mol. The number of nitrogens with one attached hydrogen (secondary N) is 1. The largest absolute Gasteiger partial charge is 0.494 e. The molecule has 1 aromatic carbocycles. The molecule has 0 spiro atoms. The summed E-state index contributed by atoms with van der Waals surface area (Å²) in [6, 6.07) is 4.70. The molecule has 3 N–H and O–H groups in total. The molecule has 0 saturated heterocycles. The SMILES string of the molecule is COCCC(NN)c1cccc(OC)c1F. The second-order valence-electron chi connectivity index (χ2n) is 3.36. The lowest BCUT2D eigenvalue weighted by molar-refractivity contribution is 0.182. The Morgan fingerprint density at radius 2 is 2.19 bits per heavy atom. The maximum atomic E-state index is 13.9. The van der Waals surface area contributed by atoms with Crippen LogP contribution in [0.1, 0.15) is 18.0 Å². The molecule has 1 unspecified atom stereocenters. The molecule has 0 fully saturated rings. The molecule has 5 heteroatoms. The van der Waals surface area contributed by atoms with Gasteiger partial charge < -0.3 is 9.47 Å². The zero-order valence-electron chi connectivity index (χ0n) is 9.50. The first kappa shape index (κ1) is 12.9. The van der Waals surface area contributed by atoms with Gasteiger partial charge in [-0.3, -0.25) is 11.3 Å². The van der Waals surface area contributed by atoms with E-state index in [9.17, 15) is 4.39 Å². The van der Waals surface area contributed by atoms with Gasteiger partial charge >= 0.3 is 0 Å². The molecule has 0 saturated carbocycles. The maximum Gasteiger partial charge on any atom is 0.169 e. The van der Waals surface area contributed by atoms with E-state index in [1.54, 1.807) is 25.3 Å². The van der Waals surface area contributed by atoms with Gasteiger partial charge in [0.15, 0.2) is 11.6 Å². The highest BCUT2D eigenvalue weighted by molar-refractivity contribution is 5.32. The summed E-state index contributed by atoms with van der Waals surface area (Å²) in [5.74, 6) is 5.23. The lowest BCUT2D eigenvalue weighted by Gasteiger charge is -2.17. The van der Waals surface area contributed by atoms with Crippen molar-refractivity contribution in [1.82, 2.24) is 5.43 Å². The minimum atomic E-state index is -0.385. The van der Waals surface area contributed by atoms with Gasteiger partial charge in [-0.15, -0.1) is 0 Å². The van der Waals surface area contributed by atoms with Gasteiger partial charge in [0.1, 0.15) is 0 Å². The molecule has 90 valence electrons. The van der Waals surface area contributed by atoms with Gasteiger partial charge in [0.25, 0.3) is 0 Å². The van der Waals surface area contributed by atoms with Crippen molar-refractivity contribution in [1.29, 1.82) is 0 Å². The third kappa shape index (κ3) is 2.91. The second kappa shape index (κ2) is 6.42. The molecule has 0 radical (unpaired) electrons. The molecule has 1 rings (SSSR count). The van der Waals surface area contributed by atoms with Crippen molar-refractivity contribution < 1.29 is 13.9 Å². The minimum absolute atomic E-state index is 0.218. The van der Waals surface area contributed by atoms with Gasteiger partial charge in [-0.2, -0.15) is 0 Å². The van der Waals surface area contributed by atoms with Crippen molar-refractivity contribution in [2.75, 3.05) is 20.8 Å². The van der Waals surface area contributed by atoms with Crippen LogP contribution in [0, 0.1) is 5.82 Å². The quantitative estimate of drug-likeness (QED) is 0.570. The van der Waals surface area contributed by atoms with Crippen LogP contribution in [0.15, 0.2) is 18.2 Å². The normalized spacial score (nSPS) is 12.5. The Morgan fingerprint density at radius 1 is 1.44 bits per heavy atom. The van der Waals surface area contributed by atoms with Gasteiger partial charge in [0.05, 0.1) is 13.2 Å². The van der Waals surface area contributed by atoms with Crippen LogP contribution >= 0.6 is 0 Å². The Bertz CT molecular complexity index is 334. The van der Waals surface area contributed by atoms with Crippen LogP contribution < -0.4 is 16.0 Å². The zero-order valence-corrected chi connectivity index (χ0v) is 9.50. The smallest absolute Gasteiger partial charge is 0.169 e. The summed E-state index contributed by atoms with van der Waals surface area (Å²) in [4.78, 5) is 0. The molecule has 0 aliphatic carbocycles. The van der Waals surface area contributed by atoms with Crippen molar-refractivity contribution >= 4 is 0 Å². The van der Waals surface area contributed by atoms with Crippen LogP contribution in [-0.2, 0) is 4.74 Å². The van der Waals surface area contributed by atoms with Crippen LogP contribution in [0.5, 0.6) is 5.75 Å². The molecule has 1 atom stereocenters. The number of halogens is 1. The molecule has 0 aliphatic heterocycles. The highest BCUT2D eigenvalue weighted by Gasteiger charge is 2.16. The number of benzene rings is 1. The summed E-state index contributed by atoms with van der Waals surface area (Å²) in [5, 5.41) is 0. The average molecular weight is 228 g/mol. The molecule has 0 heterocycles. The average Bonchev–Trinajstić information content (AvgIpc) is 2.32. The third-order valence-electron chi connectivity index (χ3n) is 2.40. The fraction of sp³-hybridized carbons (Fsp3) is 0.455. The first-order chi connectivity index (χ1) is 7.74. The van der Waals surface area contributed by atoms with Crippen molar-refractivity contribution in [2.24, 2.45) is 5.84 Å². The van der Waals surface area contributed by atoms with E-state index < -0.39 is 0 Å². The molecule has 16 heavy (non-hydrogen) atoms. The maximum absolute atomic E-state index is 13.9. The van der Waals surface area contributed by atoms with Crippen LogP contribution in [-0.4, -0.2) is 20.8 Å². The number of nitrogens with two attached hydrogens (primary N) is 1. The number of rotatable bonds is 6. The monoisotopic (exact) mass is 228 g/mol. The van der Waals surface area contributed by atoms with Crippen LogP contribution in [0.25, 0.3) is 0 Å². The van der Waals surface area contributed by atoms with Crippen molar-refractivity contribution in [3.05, 3.63) is 29.6 Å². The minimum Gasteiger partial charge on any atom is -0.494 e. The molecule has 0 amide bonds. The standard InChI is InChI=1S/C11H17FN2O2/c1-15-7-6-9(14-13)8-4-3-5-10(16-2)11(8)12/h3-5,9,14H,6-7,13H2,1-2H3. The lowest BCUT2D eigenvalue weighted by Crippen LogP contribution is -2.29. The van der Waals surface area contributed by atoms with E-state index in [1.165, 1.54) is 7.11 Å². The number of ether oxygens (including phenoxy) is 2. The number of methoxy groups -OCH3 is 2. The molecular formula is C11H17FN2O2. The first-order valence-corrected chi connectivity index (χ1v) is 5.02. The molecule has 0 aliphatic rings. The summed E-state index contributed by atoms with van der Waals surface area (Å²) in [6.07, 6.45) is 0.594.